The number of allylic oxidation sites excluding steroid dienone is 1. The lowest BCUT2D eigenvalue weighted by atomic mass is 9.74. The highest BCUT2D eigenvalue weighted by atomic mass is 15.0. The van der Waals surface area contributed by atoms with E-state index >= 15 is 0 Å². The molecule has 1 unspecified atom stereocenters. The molecule has 8 aromatic rings. The van der Waals surface area contributed by atoms with Gasteiger partial charge in [0, 0.05) is 32.9 Å². The van der Waals surface area contributed by atoms with Crippen molar-refractivity contribution in [3.63, 3.8) is 0 Å². The molecule has 57 heavy (non-hydrogen) atoms. The van der Waals surface area contributed by atoms with E-state index in [2.05, 4.69) is 196 Å². The number of aromatic nitrogens is 1. The second kappa shape index (κ2) is 12.6. The van der Waals surface area contributed by atoms with Crippen LogP contribution in [0, 0.1) is 0 Å². The first-order valence-corrected chi connectivity index (χ1v) is 20.6. The largest absolute Gasteiger partial charge is 0.309 e. The Morgan fingerprint density at radius 3 is 2.05 bits per heavy atom. The summed E-state index contributed by atoms with van der Waals surface area (Å²) >= 11 is 0. The Balaban J connectivity index is 1.05. The SMILES string of the molecule is CC1(C)c2ccccc2-c2cc3c4cccc5c4n(c3cc21)-c1cc(-c2cccc(/C3=C/CCC(c4ccccc4)CC(c4ccccc4)=N3)c2)ccc1C5(C)C. The quantitative estimate of drug-likeness (QED) is 0.171. The Morgan fingerprint density at radius 2 is 1.21 bits per heavy atom. The average Bonchev–Trinajstić information content (AvgIpc) is 3.68. The molecule has 276 valence electrons. The molecule has 1 atom stereocenters. The number of para-hydroxylation sites is 1. The standard InChI is InChI=1S/C55H46N2/c1-54(2)45-25-12-11-23-41(45)43-33-44-42-24-15-26-47-53(42)57(51(44)34-48(43)54)52-32-39(28-29-46(52)55(47,3)4)37-20-13-22-40(30-37)49-27-14-21-38(35-16-7-5-8-17-35)31-50(56-49)36-18-9-6-10-19-36/h5-13,15-20,22-30,32-34,38H,14,21,31H2,1-4H3/b49-27-,56-50?. The second-order valence-corrected chi connectivity index (χ2v) is 17.5. The van der Waals surface area contributed by atoms with Gasteiger partial charge in [-0.2, -0.15) is 0 Å². The van der Waals surface area contributed by atoms with Crippen LogP contribution in [0.25, 0.3) is 55.4 Å². The number of benzene rings is 7. The molecule has 0 N–H and O–H groups in total. The Hall–Kier alpha value is -6.25. The molecule has 3 heterocycles. The predicted octanol–water partition coefficient (Wildman–Crippen LogP) is 14.2. The van der Waals surface area contributed by atoms with Crippen LogP contribution >= 0.6 is 0 Å². The monoisotopic (exact) mass is 734 g/mol. The molecule has 2 aliphatic heterocycles. The maximum Gasteiger partial charge on any atom is 0.0665 e. The van der Waals surface area contributed by atoms with E-state index in [1.165, 1.54) is 83.1 Å². The van der Waals surface area contributed by atoms with Gasteiger partial charge in [-0.05, 0) is 105 Å². The summed E-state index contributed by atoms with van der Waals surface area (Å²) in [5, 5.41) is 2.66. The van der Waals surface area contributed by atoms with Crippen LogP contribution in [0.5, 0.6) is 0 Å². The highest BCUT2D eigenvalue weighted by Crippen LogP contribution is 2.53. The zero-order valence-electron chi connectivity index (χ0n) is 33.2. The smallest absolute Gasteiger partial charge is 0.0665 e. The third-order valence-corrected chi connectivity index (χ3v) is 13.5. The summed E-state index contributed by atoms with van der Waals surface area (Å²) in [7, 11) is 0. The van der Waals surface area contributed by atoms with Gasteiger partial charge in [0.15, 0.2) is 0 Å². The molecule has 0 saturated carbocycles. The molecule has 7 aromatic carbocycles. The van der Waals surface area contributed by atoms with Crippen LogP contribution in [0.2, 0.25) is 0 Å². The molecule has 0 bridgehead atoms. The number of nitrogens with zero attached hydrogens (tertiary/aromatic N) is 2. The minimum atomic E-state index is -0.155. The van der Waals surface area contributed by atoms with Crippen molar-refractivity contribution in [2.75, 3.05) is 0 Å². The Labute approximate surface area is 335 Å². The Morgan fingerprint density at radius 1 is 0.526 bits per heavy atom. The van der Waals surface area contributed by atoms with Crippen molar-refractivity contribution >= 4 is 33.2 Å². The highest BCUT2D eigenvalue weighted by Gasteiger charge is 2.39. The van der Waals surface area contributed by atoms with Gasteiger partial charge in [0.25, 0.3) is 0 Å². The first-order valence-electron chi connectivity index (χ1n) is 20.6. The van der Waals surface area contributed by atoms with Gasteiger partial charge in [-0.15, -0.1) is 0 Å². The maximum atomic E-state index is 5.48. The summed E-state index contributed by atoms with van der Waals surface area (Å²) in [6.07, 6.45) is 5.36. The first kappa shape index (κ1) is 34.0. The van der Waals surface area contributed by atoms with Crippen LogP contribution in [-0.4, -0.2) is 10.3 Å². The Kier molecular flexibility index (Phi) is 7.54. The third kappa shape index (κ3) is 5.20. The van der Waals surface area contributed by atoms with Crippen LogP contribution in [0.3, 0.4) is 0 Å². The van der Waals surface area contributed by atoms with E-state index < -0.39 is 0 Å². The number of hydrogen-bond acceptors (Lipinski definition) is 1. The van der Waals surface area contributed by atoms with Gasteiger partial charge < -0.3 is 4.57 Å². The lowest BCUT2D eigenvalue weighted by molar-refractivity contribution is 0.630. The third-order valence-electron chi connectivity index (χ3n) is 13.5. The summed E-state index contributed by atoms with van der Waals surface area (Å²) in [6, 6.07) is 58.9. The molecule has 11 rings (SSSR count). The van der Waals surface area contributed by atoms with Gasteiger partial charge in [-0.3, -0.25) is 4.99 Å². The zero-order chi connectivity index (χ0) is 38.5. The number of fused-ring (bicyclic) bond motifs is 8. The van der Waals surface area contributed by atoms with Crippen molar-refractivity contribution < 1.29 is 0 Å². The summed E-state index contributed by atoms with van der Waals surface area (Å²) in [5.74, 6) is 0.429. The maximum absolute atomic E-state index is 5.48. The fourth-order valence-corrected chi connectivity index (χ4v) is 10.4. The average molecular weight is 735 g/mol. The van der Waals surface area contributed by atoms with Gasteiger partial charge in [-0.25, -0.2) is 0 Å². The van der Waals surface area contributed by atoms with Gasteiger partial charge >= 0.3 is 0 Å². The van der Waals surface area contributed by atoms with Crippen molar-refractivity contribution in [2.24, 2.45) is 4.99 Å². The van der Waals surface area contributed by atoms with Gasteiger partial charge in [0.1, 0.15) is 0 Å². The van der Waals surface area contributed by atoms with Crippen LogP contribution in [0.15, 0.2) is 169 Å². The molecule has 1 aromatic heterocycles. The Bertz CT molecular complexity index is 2970. The van der Waals surface area contributed by atoms with E-state index in [9.17, 15) is 0 Å². The molecule has 2 nitrogen and oxygen atoms in total. The zero-order valence-corrected chi connectivity index (χ0v) is 33.2. The summed E-state index contributed by atoms with van der Waals surface area (Å²) in [5.41, 5.74) is 20.4. The molecular formula is C55H46N2. The van der Waals surface area contributed by atoms with Crippen LogP contribution in [0.4, 0.5) is 0 Å². The number of aliphatic imine (C=N–C) groups is 1. The molecule has 0 saturated heterocycles. The topological polar surface area (TPSA) is 17.3 Å². The van der Waals surface area contributed by atoms with E-state index in [-0.39, 0.29) is 10.8 Å². The van der Waals surface area contributed by atoms with Crippen molar-refractivity contribution in [1.82, 2.24) is 4.57 Å². The van der Waals surface area contributed by atoms with E-state index in [1.807, 2.05) is 0 Å². The van der Waals surface area contributed by atoms with E-state index in [1.54, 1.807) is 0 Å². The lowest BCUT2D eigenvalue weighted by Crippen LogP contribution is -2.26. The van der Waals surface area contributed by atoms with Crippen molar-refractivity contribution in [2.45, 2.75) is 63.7 Å². The molecule has 0 fully saturated rings. The molecule has 0 radical (unpaired) electrons. The lowest BCUT2D eigenvalue weighted by Gasteiger charge is -2.35. The van der Waals surface area contributed by atoms with E-state index in [0.29, 0.717) is 5.92 Å². The van der Waals surface area contributed by atoms with E-state index in [0.717, 1.165) is 36.2 Å². The van der Waals surface area contributed by atoms with E-state index in [4.69, 9.17) is 4.99 Å². The van der Waals surface area contributed by atoms with Crippen molar-refractivity contribution in [3.05, 3.63) is 203 Å². The van der Waals surface area contributed by atoms with Crippen LogP contribution in [0.1, 0.15) is 91.8 Å². The number of hydrogen-bond donors (Lipinski definition) is 0. The normalized spacial score (nSPS) is 18.5. The second-order valence-electron chi connectivity index (χ2n) is 17.5. The van der Waals surface area contributed by atoms with Crippen molar-refractivity contribution in [3.8, 4) is 27.9 Å². The van der Waals surface area contributed by atoms with Crippen LogP contribution < -0.4 is 0 Å². The molecular weight excluding hydrogens is 689 g/mol. The molecule has 1 aliphatic carbocycles. The first-order chi connectivity index (χ1) is 27.8. The summed E-state index contributed by atoms with van der Waals surface area (Å²) in [6.45, 7) is 9.56. The van der Waals surface area contributed by atoms with Gasteiger partial charge in [0.05, 0.1) is 22.4 Å². The predicted molar refractivity (Wildman–Crippen MR) is 240 cm³/mol. The molecule has 3 aliphatic rings. The fraction of sp³-hybridized carbons (Fsp3) is 0.182. The van der Waals surface area contributed by atoms with Crippen LogP contribution in [-0.2, 0) is 10.8 Å². The van der Waals surface area contributed by atoms with Crippen molar-refractivity contribution in [1.29, 1.82) is 0 Å². The fourth-order valence-electron chi connectivity index (χ4n) is 10.4. The highest BCUT2D eigenvalue weighted by molar-refractivity contribution is 6.13. The number of rotatable bonds is 4. The molecule has 0 amide bonds. The minimum absolute atomic E-state index is 0.0737. The van der Waals surface area contributed by atoms with Gasteiger partial charge in [0.2, 0.25) is 0 Å². The molecule has 0 spiro atoms. The minimum Gasteiger partial charge on any atom is -0.309 e. The van der Waals surface area contributed by atoms with Gasteiger partial charge in [-0.1, -0.05) is 167 Å². The molecule has 2 heteroatoms. The summed E-state index contributed by atoms with van der Waals surface area (Å²) in [4.78, 5) is 5.48. The summed E-state index contributed by atoms with van der Waals surface area (Å²) < 4.78 is 2.59.